The first-order valence-electron chi connectivity index (χ1n) is 7.13. The van der Waals surface area contributed by atoms with Crippen LogP contribution in [0.3, 0.4) is 0 Å². The van der Waals surface area contributed by atoms with Crippen molar-refractivity contribution in [3.8, 4) is 0 Å². The molecule has 2 atom stereocenters. The molecule has 1 aliphatic rings. The smallest absolute Gasteiger partial charge is 0.215 e. The summed E-state index contributed by atoms with van der Waals surface area (Å²) in [6.07, 6.45) is 5.46. The van der Waals surface area contributed by atoms with Gasteiger partial charge >= 0.3 is 0 Å². The first-order chi connectivity index (χ1) is 8.47. The van der Waals surface area contributed by atoms with Crippen LogP contribution in [0.4, 0.5) is 0 Å². The summed E-state index contributed by atoms with van der Waals surface area (Å²) in [5, 5.41) is 3.15. The van der Waals surface area contributed by atoms with E-state index in [0.29, 0.717) is 12.5 Å². The fourth-order valence-corrected chi connectivity index (χ4v) is 3.94. The van der Waals surface area contributed by atoms with Gasteiger partial charge in [-0.25, -0.2) is 12.7 Å². The van der Waals surface area contributed by atoms with Crippen molar-refractivity contribution in [2.45, 2.75) is 52.0 Å². The van der Waals surface area contributed by atoms with Crippen LogP contribution in [0, 0.1) is 5.92 Å². The van der Waals surface area contributed by atoms with Crippen molar-refractivity contribution in [2.75, 3.05) is 25.9 Å². The van der Waals surface area contributed by atoms with Crippen molar-refractivity contribution < 1.29 is 8.42 Å². The zero-order valence-electron chi connectivity index (χ0n) is 12.0. The van der Waals surface area contributed by atoms with Gasteiger partial charge in [0.15, 0.2) is 0 Å². The largest absolute Gasteiger partial charge is 0.316 e. The van der Waals surface area contributed by atoms with Crippen molar-refractivity contribution in [1.29, 1.82) is 0 Å². The average molecular weight is 276 g/mol. The highest BCUT2D eigenvalue weighted by atomic mass is 32.2. The maximum absolute atomic E-state index is 12.2. The van der Waals surface area contributed by atoms with Crippen molar-refractivity contribution in [1.82, 2.24) is 9.62 Å². The zero-order valence-corrected chi connectivity index (χ0v) is 12.8. The monoisotopic (exact) mass is 276 g/mol. The lowest BCUT2D eigenvalue weighted by molar-refractivity contribution is 0.239. The Labute approximate surface area is 112 Å². The maximum Gasteiger partial charge on any atom is 0.215 e. The van der Waals surface area contributed by atoms with Gasteiger partial charge in [0.05, 0.1) is 5.75 Å². The van der Waals surface area contributed by atoms with Crippen LogP contribution in [0.2, 0.25) is 0 Å². The van der Waals surface area contributed by atoms with Gasteiger partial charge in [-0.15, -0.1) is 0 Å². The predicted molar refractivity (Wildman–Crippen MR) is 76.1 cm³/mol. The Kier molecular flexibility index (Phi) is 6.60. The van der Waals surface area contributed by atoms with E-state index in [0.717, 1.165) is 32.2 Å². The molecule has 0 radical (unpaired) electrons. The Morgan fingerprint density at radius 3 is 2.61 bits per heavy atom. The van der Waals surface area contributed by atoms with Crippen molar-refractivity contribution in [3.63, 3.8) is 0 Å². The Balaban J connectivity index is 2.45. The molecule has 1 fully saturated rings. The highest BCUT2D eigenvalue weighted by Gasteiger charge is 2.29. The van der Waals surface area contributed by atoms with Crippen molar-refractivity contribution in [3.05, 3.63) is 0 Å². The van der Waals surface area contributed by atoms with Crippen LogP contribution in [0.15, 0.2) is 0 Å². The third kappa shape index (κ3) is 4.86. The van der Waals surface area contributed by atoms with Gasteiger partial charge in [0.2, 0.25) is 10.0 Å². The molecule has 108 valence electrons. The molecule has 1 aliphatic carbocycles. The number of hydrogen-bond donors (Lipinski definition) is 1. The molecule has 4 nitrogen and oxygen atoms in total. The standard InChI is InChI=1S/C13H28N2O2S/c1-4-8-14-9-10-18(16,17)15(3)13-7-5-6-12(2)11-13/h12-14H,4-11H2,1-3H3. The quantitative estimate of drug-likeness (QED) is 0.722. The lowest BCUT2D eigenvalue weighted by atomic mass is 9.87. The number of nitrogens with one attached hydrogen (secondary N) is 1. The molecule has 0 heterocycles. The van der Waals surface area contributed by atoms with Gasteiger partial charge in [0, 0.05) is 19.6 Å². The highest BCUT2D eigenvalue weighted by molar-refractivity contribution is 7.89. The molecule has 2 unspecified atom stereocenters. The molecular formula is C13H28N2O2S. The van der Waals surface area contributed by atoms with Gasteiger partial charge in [-0.3, -0.25) is 0 Å². The molecule has 0 aromatic heterocycles. The summed E-state index contributed by atoms with van der Waals surface area (Å²) in [5.74, 6) is 0.869. The molecule has 5 heteroatoms. The minimum absolute atomic E-state index is 0.213. The van der Waals surface area contributed by atoms with E-state index in [1.165, 1.54) is 6.42 Å². The summed E-state index contributed by atoms with van der Waals surface area (Å²) >= 11 is 0. The molecule has 18 heavy (non-hydrogen) atoms. The summed E-state index contributed by atoms with van der Waals surface area (Å²) in [4.78, 5) is 0. The molecule has 0 aromatic carbocycles. The molecule has 0 aliphatic heterocycles. The lowest BCUT2D eigenvalue weighted by Crippen LogP contribution is -2.42. The molecule has 1 N–H and O–H groups in total. The van der Waals surface area contributed by atoms with Crippen LogP contribution in [-0.4, -0.2) is 44.7 Å². The van der Waals surface area contributed by atoms with Gasteiger partial charge in [0.25, 0.3) is 0 Å². The molecule has 0 spiro atoms. The number of nitrogens with zero attached hydrogens (tertiary/aromatic N) is 1. The van der Waals surface area contributed by atoms with Gasteiger partial charge in [-0.1, -0.05) is 26.7 Å². The summed E-state index contributed by atoms with van der Waals surface area (Å²) in [5.41, 5.74) is 0. The van der Waals surface area contributed by atoms with Gasteiger partial charge in [-0.05, 0) is 31.7 Å². The lowest BCUT2D eigenvalue weighted by Gasteiger charge is -2.33. The van der Waals surface area contributed by atoms with Crippen LogP contribution in [0.1, 0.15) is 46.0 Å². The van der Waals surface area contributed by atoms with Crippen LogP contribution in [-0.2, 0) is 10.0 Å². The maximum atomic E-state index is 12.2. The van der Waals surface area contributed by atoms with E-state index in [2.05, 4.69) is 19.2 Å². The van der Waals surface area contributed by atoms with E-state index < -0.39 is 10.0 Å². The minimum atomic E-state index is -3.09. The van der Waals surface area contributed by atoms with E-state index in [9.17, 15) is 8.42 Å². The van der Waals surface area contributed by atoms with E-state index in [-0.39, 0.29) is 11.8 Å². The number of rotatable bonds is 7. The zero-order chi connectivity index (χ0) is 13.6. The SMILES string of the molecule is CCCNCCS(=O)(=O)N(C)C1CCCC(C)C1. The first-order valence-corrected chi connectivity index (χ1v) is 8.74. The van der Waals surface area contributed by atoms with Gasteiger partial charge < -0.3 is 5.32 Å². The summed E-state index contributed by atoms with van der Waals surface area (Å²) in [7, 11) is -1.35. The second-order valence-electron chi connectivity index (χ2n) is 5.51. The number of sulfonamides is 1. The molecule has 1 saturated carbocycles. The summed E-state index contributed by atoms with van der Waals surface area (Å²) in [6, 6.07) is 0.213. The second-order valence-corrected chi connectivity index (χ2v) is 7.66. The Hall–Kier alpha value is -0.130. The first kappa shape index (κ1) is 15.9. The fourth-order valence-electron chi connectivity index (χ4n) is 2.61. The third-order valence-electron chi connectivity index (χ3n) is 3.83. The average Bonchev–Trinajstić information content (AvgIpc) is 2.34. The molecule has 0 bridgehead atoms. The van der Waals surface area contributed by atoms with Gasteiger partial charge in [-0.2, -0.15) is 0 Å². The fraction of sp³-hybridized carbons (Fsp3) is 1.00. The van der Waals surface area contributed by atoms with Crippen LogP contribution < -0.4 is 5.32 Å². The summed E-state index contributed by atoms with van der Waals surface area (Å²) in [6.45, 7) is 5.74. The third-order valence-corrected chi connectivity index (χ3v) is 5.72. The molecule has 0 amide bonds. The molecule has 0 saturated heterocycles. The Bertz CT molecular complexity index is 330. The van der Waals surface area contributed by atoms with E-state index in [1.54, 1.807) is 11.4 Å². The normalized spacial score (nSPS) is 25.6. The number of hydrogen-bond acceptors (Lipinski definition) is 3. The molecule has 1 rings (SSSR count). The molecule has 0 aromatic rings. The van der Waals surface area contributed by atoms with Crippen LogP contribution in [0.5, 0.6) is 0 Å². The van der Waals surface area contributed by atoms with Crippen LogP contribution >= 0.6 is 0 Å². The van der Waals surface area contributed by atoms with Gasteiger partial charge in [0.1, 0.15) is 0 Å². The van der Waals surface area contributed by atoms with E-state index in [1.807, 2.05) is 0 Å². The topological polar surface area (TPSA) is 49.4 Å². The van der Waals surface area contributed by atoms with E-state index in [4.69, 9.17) is 0 Å². The minimum Gasteiger partial charge on any atom is -0.316 e. The highest BCUT2D eigenvalue weighted by Crippen LogP contribution is 2.27. The molecular weight excluding hydrogens is 248 g/mol. The Morgan fingerprint density at radius 1 is 1.28 bits per heavy atom. The predicted octanol–water partition coefficient (Wildman–Crippen LogP) is 1.83. The van der Waals surface area contributed by atoms with Crippen LogP contribution in [0.25, 0.3) is 0 Å². The second kappa shape index (κ2) is 7.46. The van der Waals surface area contributed by atoms with E-state index >= 15 is 0 Å². The Morgan fingerprint density at radius 2 is 2.00 bits per heavy atom. The van der Waals surface area contributed by atoms with Crippen molar-refractivity contribution >= 4 is 10.0 Å². The summed E-state index contributed by atoms with van der Waals surface area (Å²) < 4.78 is 26.0. The van der Waals surface area contributed by atoms with Crippen molar-refractivity contribution in [2.24, 2.45) is 5.92 Å².